The average molecular weight is 463 g/mol. The van der Waals surface area contributed by atoms with Crippen molar-refractivity contribution in [2.75, 3.05) is 0 Å². The third-order valence-corrected chi connectivity index (χ3v) is 7.24. The molecule has 1 saturated carbocycles. The minimum absolute atomic E-state index is 0.111. The highest BCUT2D eigenvalue weighted by Gasteiger charge is 2.26. The van der Waals surface area contributed by atoms with E-state index in [1.54, 1.807) is 30.3 Å². The van der Waals surface area contributed by atoms with E-state index in [0.29, 0.717) is 23.1 Å². The smallest absolute Gasteiger partial charge is 0.166 e. The van der Waals surface area contributed by atoms with Crippen LogP contribution < -0.4 is 0 Å². The van der Waals surface area contributed by atoms with Crippen LogP contribution in [0.4, 0.5) is 13.2 Å². The van der Waals surface area contributed by atoms with E-state index in [-0.39, 0.29) is 17.3 Å². The van der Waals surface area contributed by atoms with Crippen LogP contribution in [0.3, 0.4) is 0 Å². The SMILES string of the molecule is CCCC1CCC(c2ccc(-c3ccc(C=Cc4ccc(CC)c(F)c4)cc3)c(F)c2F)CC1. The second kappa shape index (κ2) is 11.1. The second-order valence-electron chi connectivity index (χ2n) is 9.50. The van der Waals surface area contributed by atoms with Crippen molar-refractivity contribution in [1.82, 2.24) is 0 Å². The quantitative estimate of drug-likeness (QED) is 0.307. The van der Waals surface area contributed by atoms with Gasteiger partial charge in [-0.15, -0.1) is 0 Å². The van der Waals surface area contributed by atoms with Crippen molar-refractivity contribution in [2.45, 2.75) is 64.7 Å². The van der Waals surface area contributed by atoms with Crippen LogP contribution in [0.1, 0.15) is 80.5 Å². The molecule has 1 fully saturated rings. The van der Waals surface area contributed by atoms with E-state index in [9.17, 15) is 4.39 Å². The maximum absolute atomic E-state index is 15.0. The van der Waals surface area contributed by atoms with Crippen molar-refractivity contribution in [2.24, 2.45) is 5.92 Å². The summed E-state index contributed by atoms with van der Waals surface area (Å²) in [5.74, 6) is -0.813. The molecule has 0 saturated heterocycles. The first-order valence-electron chi connectivity index (χ1n) is 12.5. The molecule has 3 aromatic rings. The van der Waals surface area contributed by atoms with Gasteiger partial charge in [-0.1, -0.05) is 87.4 Å². The molecule has 0 heterocycles. The van der Waals surface area contributed by atoms with Crippen LogP contribution in [0, 0.1) is 23.4 Å². The zero-order chi connectivity index (χ0) is 24.1. The molecule has 1 aliphatic carbocycles. The third-order valence-electron chi connectivity index (χ3n) is 7.24. The standard InChI is InChI=1S/C31H33F3/c1-3-5-21-8-14-25(15-9-21)27-18-19-28(31(34)30(27)33)26-16-10-22(11-17-26)6-7-23-12-13-24(4-2)29(32)20-23/h6-7,10-13,16-21,25H,3-5,8-9,14-15H2,1-2H3. The molecule has 3 aromatic carbocycles. The second-order valence-corrected chi connectivity index (χ2v) is 9.50. The summed E-state index contributed by atoms with van der Waals surface area (Å²) >= 11 is 0. The molecular formula is C31H33F3. The molecule has 3 heteroatoms. The number of aryl methyl sites for hydroxylation is 1. The van der Waals surface area contributed by atoms with E-state index < -0.39 is 11.6 Å². The summed E-state index contributed by atoms with van der Waals surface area (Å²) in [6, 6.07) is 16.0. The van der Waals surface area contributed by atoms with E-state index in [0.717, 1.165) is 42.7 Å². The van der Waals surface area contributed by atoms with E-state index in [4.69, 9.17) is 0 Å². The molecule has 0 amide bonds. The lowest BCUT2D eigenvalue weighted by Gasteiger charge is -2.29. The van der Waals surface area contributed by atoms with Crippen LogP contribution >= 0.6 is 0 Å². The molecule has 34 heavy (non-hydrogen) atoms. The zero-order valence-electron chi connectivity index (χ0n) is 20.1. The number of hydrogen-bond acceptors (Lipinski definition) is 0. The number of halogens is 3. The lowest BCUT2D eigenvalue weighted by Crippen LogP contribution is -2.14. The molecule has 0 aliphatic heterocycles. The molecule has 0 nitrogen and oxygen atoms in total. The van der Waals surface area contributed by atoms with Gasteiger partial charge >= 0.3 is 0 Å². The van der Waals surface area contributed by atoms with E-state index in [1.165, 1.54) is 18.9 Å². The van der Waals surface area contributed by atoms with Crippen molar-refractivity contribution in [3.63, 3.8) is 0 Å². The monoisotopic (exact) mass is 462 g/mol. The Bertz CT molecular complexity index is 1140. The minimum Gasteiger partial charge on any atom is -0.207 e. The van der Waals surface area contributed by atoms with Gasteiger partial charge in [0.15, 0.2) is 11.6 Å². The lowest BCUT2D eigenvalue weighted by molar-refractivity contribution is 0.303. The Morgan fingerprint density at radius 2 is 1.44 bits per heavy atom. The normalized spacial score (nSPS) is 18.5. The predicted octanol–water partition coefficient (Wildman–Crippen LogP) is 9.58. The number of rotatable bonds is 7. The Morgan fingerprint density at radius 3 is 2.09 bits per heavy atom. The maximum Gasteiger partial charge on any atom is 0.166 e. The van der Waals surface area contributed by atoms with Gasteiger partial charge in [0.25, 0.3) is 0 Å². The van der Waals surface area contributed by atoms with Gasteiger partial charge in [0.05, 0.1) is 0 Å². The van der Waals surface area contributed by atoms with Crippen LogP contribution in [-0.4, -0.2) is 0 Å². The molecule has 0 spiro atoms. The van der Waals surface area contributed by atoms with Gasteiger partial charge in [-0.05, 0) is 77.8 Å². The average Bonchev–Trinajstić information content (AvgIpc) is 2.86. The number of benzene rings is 3. The first-order valence-corrected chi connectivity index (χ1v) is 12.5. The highest BCUT2D eigenvalue weighted by Crippen LogP contribution is 2.40. The fourth-order valence-electron chi connectivity index (χ4n) is 5.19. The summed E-state index contributed by atoms with van der Waals surface area (Å²) in [5, 5.41) is 0. The molecule has 0 unspecified atom stereocenters. The highest BCUT2D eigenvalue weighted by molar-refractivity contribution is 5.72. The predicted molar refractivity (Wildman–Crippen MR) is 136 cm³/mol. The largest absolute Gasteiger partial charge is 0.207 e. The van der Waals surface area contributed by atoms with Gasteiger partial charge in [0.2, 0.25) is 0 Å². The Kier molecular flexibility index (Phi) is 7.92. The van der Waals surface area contributed by atoms with E-state index in [2.05, 4.69) is 6.92 Å². The van der Waals surface area contributed by atoms with Gasteiger partial charge in [-0.2, -0.15) is 0 Å². The van der Waals surface area contributed by atoms with Crippen molar-refractivity contribution >= 4 is 12.2 Å². The molecule has 178 valence electrons. The van der Waals surface area contributed by atoms with E-state index >= 15 is 8.78 Å². The van der Waals surface area contributed by atoms with Crippen molar-refractivity contribution in [3.05, 3.63) is 94.3 Å². The maximum atomic E-state index is 15.0. The molecule has 1 aliphatic rings. The fourth-order valence-corrected chi connectivity index (χ4v) is 5.19. The summed E-state index contributed by atoms with van der Waals surface area (Å²) in [6.07, 6.45) is 10.9. The van der Waals surface area contributed by atoms with Crippen LogP contribution in [0.15, 0.2) is 54.6 Å². The Hall–Kier alpha value is -2.81. The summed E-state index contributed by atoms with van der Waals surface area (Å²) in [5.41, 5.74) is 3.85. The van der Waals surface area contributed by atoms with Gasteiger partial charge in [-0.3, -0.25) is 0 Å². The van der Waals surface area contributed by atoms with Gasteiger partial charge < -0.3 is 0 Å². The molecule has 0 atom stereocenters. The Labute approximate surface area is 201 Å². The van der Waals surface area contributed by atoms with Crippen molar-refractivity contribution in [1.29, 1.82) is 0 Å². The first-order chi connectivity index (χ1) is 16.5. The fraction of sp³-hybridized carbons (Fsp3) is 0.355. The van der Waals surface area contributed by atoms with Crippen LogP contribution in [0.25, 0.3) is 23.3 Å². The highest BCUT2D eigenvalue weighted by atomic mass is 19.2. The van der Waals surface area contributed by atoms with Gasteiger partial charge in [0, 0.05) is 5.56 Å². The van der Waals surface area contributed by atoms with Crippen molar-refractivity contribution < 1.29 is 13.2 Å². The lowest BCUT2D eigenvalue weighted by atomic mass is 9.77. The zero-order valence-corrected chi connectivity index (χ0v) is 20.1. The van der Waals surface area contributed by atoms with Crippen LogP contribution in [-0.2, 0) is 6.42 Å². The Balaban J connectivity index is 1.47. The van der Waals surface area contributed by atoms with Crippen LogP contribution in [0.2, 0.25) is 0 Å². The van der Waals surface area contributed by atoms with Crippen LogP contribution in [0.5, 0.6) is 0 Å². The molecular weight excluding hydrogens is 429 g/mol. The van der Waals surface area contributed by atoms with Gasteiger partial charge in [0.1, 0.15) is 5.82 Å². The molecule has 0 radical (unpaired) electrons. The molecule has 0 aromatic heterocycles. The third kappa shape index (κ3) is 5.46. The Morgan fingerprint density at radius 1 is 0.765 bits per heavy atom. The van der Waals surface area contributed by atoms with E-state index in [1.807, 2.05) is 37.3 Å². The molecule has 4 rings (SSSR count). The number of hydrogen-bond donors (Lipinski definition) is 0. The minimum atomic E-state index is -0.761. The summed E-state index contributed by atoms with van der Waals surface area (Å²) < 4.78 is 44.1. The summed E-state index contributed by atoms with van der Waals surface area (Å²) in [7, 11) is 0. The summed E-state index contributed by atoms with van der Waals surface area (Å²) in [4.78, 5) is 0. The van der Waals surface area contributed by atoms with Gasteiger partial charge in [-0.25, -0.2) is 13.2 Å². The molecule has 0 N–H and O–H groups in total. The topological polar surface area (TPSA) is 0 Å². The summed E-state index contributed by atoms with van der Waals surface area (Å²) in [6.45, 7) is 4.13. The molecule has 0 bridgehead atoms. The van der Waals surface area contributed by atoms with Crippen molar-refractivity contribution in [3.8, 4) is 11.1 Å². The first kappa shape index (κ1) is 24.3.